The lowest BCUT2D eigenvalue weighted by molar-refractivity contribution is 0.724. The van der Waals surface area contributed by atoms with E-state index in [0.717, 1.165) is 26.1 Å². The second-order valence-corrected chi connectivity index (χ2v) is 6.39. The average molecular weight is 298 g/mol. The van der Waals surface area contributed by atoms with Crippen LogP contribution in [0.3, 0.4) is 0 Å². The number of aryl methyl sites for hydroxylation is 1. The van der Waals surface area contributed by atoms with Crippen LogP contribution in [0.1, 0.15) is 22.2 Å². The molecule has 0 aromatic carbocycles. The van der Waals surface area contributed by atoms with Crippen molar-refractivity contribution in [2.75, 3.05) is 0 Å². The Morgan fingerprint density at radius 1 is 1.50 bits per heavy atom. The van der Waals surface area contributed by atoms with Crippen molar-refractivity contribution in [1.82, 2.24) is 9.38 Å². The van der Waals surface area contributed by atoms with Crippen LogP contribution < -0.4 is 5.73 Å². The van der Waals surface area contributed by atoms with Gasteiger partial charge in [0.2, 0.25) is 0 Å². The van der Waals surface area contributed by atoms with Crippen molar-refractivity contribution in [3.63, 3.8) is 0 Å². The molecule has 0 radical (unpaired) electrons. The summed E-state index contributed by atoms with van der Waals surface area (Å²) in [5, 5.41) is 4.86. The first-order valence-electron chi connectivity index (χ1n) is 5.55. The van der Waals surface area contributed by atoms with Gasteiger partial charge in [-0.2, -0.15) is 0 Å². The maximum absolute atomic E-state index is 6.23. The molecule has 0 saturated heterocycles. The van der Waals surface area contributed by atoms with Gasteiger partial charge in [-0.1, -0.05) is 11.6 Å². The Hall–Kier alpha value is -0.880. The van der Waals surface area contributed by atoms with E-state index in [1.54, 1.807) is 22.7 Å². The van der Waals surface area contributed by atoms with Crippen molar-refractivity contribution in [1.29, 1.82) is 0 Å². The summed E-state index contributed by atoms with van der Waals surface area (Å²) >= 11 is 9.48. The highest BCUT2D eigenvalue weighted by molar-refractivity contribution is 7.15. The average Bonchev–Trinajstić information content (AvgIpc) is 2.96. The fourth-order valence-electron chi connectivity index (χ4n) is 1.89. The van der Waals surface area contributed by atoms with E-state index in [-0.39, 0.29) is 6.04 Å². The molecular formula is C12H12ClN3S2. The number of halogens is 1. The van der Waals surface area contributed by atoms with Crippen LogP contribution in [0.25, 0.3) is 4.96 Å². The fraction of sp³-hybridized carbons (Fsp3) is 0.250. The van der Waals surface area contributed by atoms with Gasteiger partial charge in [0, 0.05) is 35.1 Å². The highest BCUT2D eigenvalue weighted by Gasteiger charge is 2.16. The fourth-order valence-corrected chi connectivity index (χ4v) is 3.95. The Bertz CT molecular complexity index is 654. The number of hydrogen-bond acceptors (Lipinski definition) is 4. The van der Waals surface area contributed by atoms with Crippen LogP contribution in [0, 0.1) is 6.92 Å². The molecule has 3 nitrogen and oxygen atoms in total. The van der Waals surface area contributed by atoms with E-state index in [9.17, 15) is 0 Å². The molecule has 3 aromatic rings. The van der Waals surface area contributed by atoms with Gasteiger partial charge in [-0.15, -0.1) is 22.7 Å². The highest BCUT2D eigenvalue weighted by atomic mass is 35.5. The molecule has 1 atom stereocenters. The molecule has 18 heavy (non-hydrogen) atoms. The molecule has 0 bridgehead atoms. The molecule has 0 aliphatic rings. The van der Waals surface area contributed by atoms with E-state index in [2.05, 4.69) is 4.98 Å². The van der Waals surface area contributed by atoms with E-state index >= 15 is 0 Å². The lowest BCUT2D eigenvalue weighted by Crippen LogP contribution is -2.12. The van der Waals surface area contributed by atoms with Gasteiger partial charge in [0.1, 0.15) is 0 Å². The SMILES string of the molecule is Cc1csc(C(N)Cc2cn3ccsc3n2)c1Cl. The summed E-state index contributed by atoms with van der Waals surface area (Å²) in [5.41, 5.74) is 8.32. The summed E-state index contributed by atoms with van der Waals surface area (Å²) in [7, 11) is 0. The summed E-state index contributed by atoms with van der Waals surface area (Å²) in [5.74, 6) is 0. The van der Waals surface area contributed by atoms with Gasteiger partial charge in [-0.05, 0) is 17.9 Å². The van der Waals surface area contributed by atoms with Gasteiger partial charge >= 0.3 is 0 Å². The maximum Gasteiger partial charge on any atom is 0.193 e. The number of imidazole rings is 1. The van der Waals surface area contributed by atoms with Crippen LogP contribution in [0.4, 0.5) is 0 Å². The molecule has 6 heteroatoms. The van der Waals surface area contributed by atoms with Crippen molar-refractivity contribution in [3.05, 3.63) is 44.3 Å². The Morgan fingerprint density at radius 2 is 2.33 bits per heavy atom. The number of thiazole rings is 1. The monoisotopic (exact) mass is 297 g/mol. The molecule has 2 N–H and O–H groups in total. The third-order valence-electron chi connectivity index (χ3n) is 2.83. The van der Waals surface area contributed by atoms with Gasteiger partial charge in [-0.25, -0.2) is 4.98 Å². The van der Waals surface area contributed by atoms with Gasteiger partial charge in [0.25, 0.3) is 0 Å². The van der Waals surface area contributed by atoms with Crippen LogP contribution >= 0.6 is 34.3 Å². The number of hydrogen-bond donors (Lipinski definition) is 1. The Labute approximate surface area is 118 Å². The van der Waals surface area contributed by atoms with Crippen molar-refractivity contribution < 1.29 is 0 Å². The zero-order valence-electron chi connectivity index (χ0n) is 9.76. The molecule has 0 aliphatic heterocycles. The Morgan fingerprint density at radius 3 is 3.00 bits per heavy atom. The first-order chi connectivity index (χ1) is 8.65. The molecular weight excluding hydrogens is 286 g/mol. The number of nitrogens with two attached hydrogens (primary N) is 1. The number of nitrogens with zero attached hydrogens (tertiary/aromatic N) is 2. The third-order valence-corrected chi connectivity index (χ3v) is 5.45. The minimum atomic E-state index is -0.0826. The number of fused-ring (bicyclic) bond motifs is 1. The Kier molecular flexibility index (Phi) is 3.15. The van der Waals surface area contributed by atoms with Crippen LogP contribution in [-0.2, 0) is 6.42 Å². The minimum absolute atomic E-state index is 0.0826. The molecule has 0 fully saturated rings. The predicted octanol–water partition coefficient (Wildman–Crippen LogP) is 3.66. The van der Waals surface area contributed by atoms with E-state index < -0.39 is 0 Å². The minimum Gasteiger partial charge on any atom is -0.323 e. The molecule has 0 amide bonds. The maximum atomic E-state index is 6.23. The summed E-state index contributed by atoms with van der Waals surface area (Å²) in [4.78, 5) is 6.59. The lowest BCUT2D eigenvalue weighted by atomic mass is 10.1. The molecule has 1 unspecified atom stereocenters. The predicted molar refractivity (Wildman–Crippen MR) is 77.8 cm³/mol. The van der Waals surface area contributed by atoms with Crippen molar-refractivity contribution in [2.24, 2.45) is 5.73 Å². The lowest BCUT2D eigenvalue weighted by Gasteiger charge is -2.08. The topological polar surface area (TPSA) is 43.3 Å². The van der Waals surface area contributed by atoms with E-state index in [1.165, 1.54) is 0 Å². The number of aromatic nitrogens is 2. The first kappa shape index (κ1) is 12.2. The van der Waals surface area contributed by atoms with Crippen LogP contribution in [0.15, 0.2) is 23.2 Å². The summed E-state index contributed by atoms with van der Waals surface area (Å²) in [6.45, 7) is 2.00. The second-order valence-electron chi connectivity index (χ2n) is 4.23. The molecule has 94 valence electrons. The number of rotatable bonds is 3. The second kappa shape index (κ2) is 4.66. The molecule has 0 spiro atoms. The number of thiophene rings is 1. The van der Waals surface area contributed by atoms with Crippen LogP contribution in [0.5, 0.6) is 0 Å². The van der Waals surface area contributed by atoms with Crippen molar-refractivity contribution in [2.45, 2.75) is 19.4 Å². The summed E-state index contributed by atoms with van der Waals surface area (Å²) in [6, 6.07) is -0.0826. The Balaban J connectivity index is 1.84. The van der Waals surface area contributed by atoms with Crippen LogP contribution in [-0.4, -0.2) is 9.38 Å². The van der Waals surface area contributed by atoms with Crippen molar-refractivity contribution >= 4 is 39.2 Å². The highest BCUT2D eigenvalue weighted by Crippen LogP contribution is 2.32. The summed E-state index contributed by atoms with van der Waals surface area (Å²) < 4.78 is 2.02. The molecule has 3 aromatic heterocycles. The standard InChI is InChI=1S/C12H12ClN3S2/c1-7-6-18-11(10(7)13)9(14)4-8-5-16-2-3-17-12(16)15-8/h2-3,5-6,9H,4,14H2,1H3. The van der Waals surface area contributed by atoms with Crippen LogP contribution in [0.2, 0.25) is 5.02 Å². The van der Waals surface area contributed by atoms with Gasteiger partial charge in [0.05, 0.1) is 10.7 Å². The van der Waals surface area contributed by atoms with E-state index in [1.807, 2.05) is 34.5 Å². The summed E-state index contributed by atoms with van der Waals surface area (Å²) in [6.07, 6.45) is 4.75. The van der Waals surface area contributed by atoms with Gasteiger partial charge < -0.3 is 5.73 Å². The third kappa shape index (κ3) is 2.07. The quantitative estimate of drug-likeness (QED) is 0.802. The zero-order chi connectivity index (χ0) is 12.7. The molecule has 3 rings (SSSR count). The molecule has 3 heterocycles. The smallest absolute Gasteiger partial charge is 0.193 e. The molecule has 0 aliphatic carbocycles. The first-order valence-corrected chi connectivity index (χ1v) is 7.69. The van der Waals surface area contributed by atoms with E-state index in [4.69, 9.17) is 17.3 Å². The van der Waals surface area contributed by atoms with Gasteiger partial charge in [0.15, 0.2) is 4.96 Å². The van der Waals surface area contributed by atoms with Gasteiger partial charge in [-0.3, -0.25) is 4.40 Å². The van der Waals surface area contributed by atoms with E-state index in [0.29, 0.717) is 6.42 Å². The zero-order valence-corrected chi connectivity index (χ0v) is 12.1. The van der Waals surface area contributed by atoms with Crippen molar-refractivity contribution in [3.8, 4) is 0 Å². The molecule has 0 saturated carbocycles. The largest absolute Gasteiger partial charge is 0.323 e. The normalized spacial score (nSPS) is 13.3.